The number of thiocarbonyl (C=S) groups is 1. The number of hydrogen-bond donors (Lipinski definition) is 2. The van der Waals surface area contributed by atoms with Crippen LogP contribution in [0.5, 0.6) is 0 Å². The summed E-state index contributed by atoms with van der Waals surface area (Å²) in [6.45, 7) is 3.24. The zero-order valence-corrected chi connectivity index (χ0v) is 11.3. The SMILES string of the molecule is CN(c1ccc(C(N)=S)c(F)c1F)C(C)(C)CO. The Bertz CT molecular complexity index is 477. The number of nitrogens with zero attached hydrogens (tertiary/aromatic N) is 1. The molecule has 0 amide bonds. The van der Waals surface area contributed by atoms with Crippen LogP contribution in [-0.4, -0.2) is 29.3 Å². The summed E-state index contributed by atoms with van der Waals surface area (Å²) in [4.78, 5) is 1.27. The number of hydrogen-bond acceptors (Lipinski definition) is 3. The van der Waals surface area contributed by atoms with Crippen LogP contribution in [0.4, 0.5) is 14.5 Å². The van der Waals surface area contributed by atoms with Gasteiger partial charge in [0.05, 0.1) is 17.8 Å². The highest BCUT2D eigenvalue weighted by Crippen LogP contribution is 2.28. The van der Waals surface area contributed by atoms with Gasteiger partial charge in [0.2, 0.25) is 0 Å². The summed E-state index contributed by atoms with van der Waals surface area (Å²) in [5.74, 6) is -2.09. The van der Waals surface area contributed by atoms with E-state index >= 15 is 0 Å². The molecule has 0 saturated carbocycles. The Hall–Kier alpha value is -1.27. The number of aliphatic hydroxyl groups excluding tert-OH is 1. The monoisotopic (exact) mass is 274 g/mol. The van der Waals surface area contributed by atoms with Crippen molar-refractivity contribution in [3.63, 3.8) is 0 Å². The fourth-order valence-electron chi connectivity index (χ4n) is 1.42. The molecule has 18 heavy (non-hydrogen) atoms. The number of likely N-dealkylation sites (N-methyl/N-ethyl adjacent to an activating group) is 1. The van der Waals surface area contributed by atoms with Crippen molar-refractivity contribution in [1.82, 2.24) is 0 Å². The summed E-state index contributed by atoms with van der Waals surface area (Å²) >= 11 is 4.63. The van der Waals surface area contributed by atoms with Gasteiger partial charge < -0.3 is 15.7 Å². The maximum Gasteiger partial charge on any atom is 0.182 e. The molecular weight excluding hydrogens is 258 g/mol. The van der Waals surface area contributed by atoms with E-state index in [2.05, 4.69) is 12.2 Å². The highest BCUT2D eigenvalue weighted by Gasteiger charge is 2.27. The Labute approximate surface area is 110 Å². The lowest BCUT2D eigenvalue weighted by Crippen LogP contribution is -2.45. The third-order valence-corrected chi connectivity index (χ3v) is 3.20. The molecular formula is C12H16F2N2OS. The average molecular weight is 274 g/mol. The van der Waals surface area contributed by atoms with E-state index in [-0.39, 0.29) is 22.8 Å². The maximum atomic E-state index is 13.9. The minimum absolute atomic E-state index is 0.0477. The molecule has 1 aromatic rings. The topological polar surface area (TPSA) is 49.5 Å². The van der Waals surface area contributed by atoms with Gasteiger partial charge in [-0.05, 0) is 26.0 Å². The van der Waals surface area contributed by atoms with E-state index in [1.165, 1.54) is 17.0 Å². The van der Waals surface area contributed by atoms with E-state index in [0.717, 1.165) is 0 Å². The van der Waals surface area contributed by atoms with Crippen molar-refractivity contribution in [3.8, 4) is 0 Å². The smallest absolute Gasteiger partial charge is 0.182 e. The molecule has 1 aromatic carbocycles. The first-order valence-corrected chi connectivity index (χ1v) is 5.75. The molecule has 0 saturated heterocycles. The van der Waals surface area contributed by atoms with E-state index in [9.17, 15) is 13.9 Å². The summed E-state index contributed by atoms with van der Waals surface area (Å²) in [5.41, 5.74) is 4.51. The standard InChI is InChI=1S/C12H16F2N2OS/c1-12(2,6-17)16(3)8-5-4-7(11(15)18)9(13)10(8)14/h4-5,17H,6H2,1-3H3,(H2,15,18). The van der Waals surface area contributed by atoms with E-state index in [0.29, 0.717) is 0 Å². The molecule has 0 aromatic heterocycles. The van der Waals surface area contributed by atoms with Gasteiger partial charge in [-0.15, -0.1) is 0 Å². The summed E-state index contributed by atoms with van der Waals surface area (Å²) in [6, 6.07) is 2.73. The van der Waals surface area contributed by atoms with Crippen molar-refractivity contribution in [2.75, 3.05) is 18.6 Å². The van der Waals surface area contributed by atoms with Gasteiger partial charge in [-0.25, -0.2) is 8.78 Å². The van der Waals surface area contributed by atoms with Crippen molar-refractivity contribution >= 4 is 22.9 Å². The average Bonchev–Trinajstić information content (AvgIpc) is 2.31. The van der Waals surface area contributed by atoms with Gasteiger partial charge in [-0.1, -0.05) is 12.2 Å². The molecule has 0 aliphatic carbocycles. The molecule has 0 fully saturated rings. The number of halogens is 2. The maximum absolute atomic E-state index is 13.9. The number of rotatable bonds is 4. The van der Waals surface area contributed by atoms with Crippen LogP contribution in [0.3, 0.4) is 0 Å². The number of benzene rings is 1. The highest BCUT2D eigenvalue weighted by atomic mass is 32.1. The molecule has 0 aliphatic heterocycles. The van der Waals surface area contributed by atoms with E-state index in [1.54, 1.807) is 20.9 Å². The van der Waals surface area contributed by atoms with Crippen LogP contribution in [0.1, 0.15) is 19.4 Å². The zero-order valence-electron chi connectivity index (χ0n) is 10.5. The number of anilines is 1. The molecule has 0 unspecified atom stereocenters. The van der Waals surface area contributed by atoms with Crippen LogP contribution in [0.25, 0.3) is 0 Å². The molecule has 6 heteroatoms. The van der Waals surface area contributed by atoms with Gasteiger partial charge in [0.25, 0.3) is 0 Å². The van der Waals surface area contributed by atoms with Crippen molar-refractivity contribution in [3.05, 3.63) is 29.3 Å². The van der Waals surface area contributed by atoms with Crippen LogP contribution in [0.15, 0.2) is 12.1 Å². The fraction of sp³-hybridized carbons (Fsp3) is 0.417. The van der Waals surface area contributed by atoms with Gasteiger partial charge in [0, 0.05) is 12.6 Å². The molecule has 0 spiro atoms. The lowest BCUT2D eigenvalue weighted by Gasteiger charge is -2.36. The summed E-state index contributed by atoms with van der Waals surface area (Å²) in [6.07, 6.45) is 0. The predicted octanol–water partition coefficient (Wildman–Crippen LogP) is 1.81. The van der Waals surface area contributed by atoms with E-state index in [4.69, 9.17) is 5.73 Å². The predicted molar refractivity (Wildman–Crippen MR) is 71.8 cm³/mol. The van der Waals surface area contributed by atoms with Crippen LogP contribution in [0, 0.1) is 11.6 Å². The lowest BCUT2D eigenvalue weighted by atomic mass is 10.0. The quantitative estimate of drug-likeness (QED) is 0.822. The van der Waals surface area contributed by atoms with Crippen molar-refractivity contribution < 1.29 is 13.9 Å². The van der Waals surface area contributed by atoms with Crippen LogP contribution in [0.2, 0.25) is 0 Å². The van der Waals surface area contributed by atoms with Gasteiger partial charge in [-0.2, -0.15) is 0 Å². The van der Waals surface area contributed by atoms with Gasteiger partial charge in [0.15, 0.2) is 11.6 Å². The summed E-state index contributed by atoms with van der Waals surface area (Å²) < 4.78 is 27.7. The largest absolute Gasteiger partial charge is 0.394 e. The van der Waals surface area contributed by atoms with Crippen LogP contribution < -0.4 is 10.6 Å². The lowest BCUT2D eigenvalue weighted by molar-refractivity contribution is 0.215. The Kier molecular flexibility index (Phi) is 4.24. The minimum atomic E-state index is -1.07. The van der Waals surface area contributed by atoms with Crippen LogP contribution >= 0.6 is 12.2 Å². The zero-order chi connectivity index (χ0) is 14.1. The molecule has 1 rings (SSSR count). The van der Waals surface area contributed by atoms with Crippen molar-refractivity contribution in [1.29, 1.82) is 0 Å². The van der Waals surface area contributed by atoms with Gasteiger partial charge in [0.1, 0.15) is 4.99 Å². The van der Waals surface area contributed by atoms with Gasteiger partial charge in [-0.3, -0.25) is 0 Å². The third-order valence-electron chi connectivity index (χ3n) is 2.98. The second-order valence-electron chi connectivity index (χ2n) is 4.65. The van der Waals surface area contributed by atoms with E-state index in [1.807, 2.05) is 0 Å². The normalized spacial score (nSPS) is 11.4. The second kappa shape index (κ2) is 5.16. The molecule has 3 N–H and O–H groups in total. The molecule has 0 aliphatic rings. The Morgan fingerprint density at radius 1 is 1.39 bits per heavy atom. The fourth-order valence-corrected chi connectivity index (χ4v) is 1.58. The summed E-state index contributed by atoms with van der Waals surface area (Å²) in [5, 5.41) is 9.23. The Morgan fingerprint density at radius 3 is 2.39 bits per heavy atom. The second-order valence-corrected chi connectivity index (χ2v) is 5.09. The Morgan fingerprint density at radius 2 is 1.94 bits per heavy atom. The first-order chi connectivity index (χ1) is 8.22. The number of aliphatic hydroxyl groups is 1. The minimum Gasteiger partial charge on any atom is -0.394 e. The van der Waals surface area contributed by atoms with Gasteiger partial charge >= 0.3 is 0 Å². The van der Waals surface area contributed by atoms with Crippen molar-refractivity contribution in [2.24, 2.45) is 5.73 Å². The molecule has 0 atom stereocenters. The molecule has 0 radical (unpaired) electrons. The van der Waals surface area contributed by atoms with Crippen molar-refractivity contribution in [2.45, 2.75) is 19.4 Å². The first kappa shape index (κ1) is 14.8. The van der Waals surface area contributed by atoms with Crippen LogP contribution in [-0.2, 0) is 0 Å². The third kappa shape index (κ3) is 2.59. The summed E-state index contributed by atoms with van der Waals surface area (Å²) in [7, 11) is 1.58. The molecule has 3 nitrogen and oxygen atoms in total. The molecule has 0 heterocycles. The molecule has 0 bridgehead atoms. The highest BCUT2D eigenvalue weighted by molar-refractivity contribution is 7.80. The Balaban J connectivity index is 3.29. The number of nitrogens with two attached hydrogens (primary N) is 1. The molecule has 100 valence electrons. The van der Waals surface area contributed by atoms with E-state index < -0.39 is 17.2 Å². The first-order valence-electron chi connectivity index (χ1n) is 5.35.